The molecule has 0 aromatic rings. The lowest BCUT2D eigenvalue weighted by molar-refractivity contribution is -0.187. The van der Waals surface area contributed by atoms with Gasteiger partial charge in [0.05, 0.1) is 0 Å². The molecule has 2 saturated heterocycles. The third-order valence-electron chi connectivity index (χ3n) is 4.28. The molecule has 2 aliphatic heterocycles. The van der Waals surface area contributed by atoms with Crippen LogP contribution in [0, 0.1) is 5.41 Å². The maximum Gasteiger partial charge on any atom is 0.410 e. The number of carboxylic acids is 1. The molecule has 0 aromatic carbocycles. The van der Waals surface area contributed by atoms with E-state index in [0.29, 0.717) is 19.4 Å². The van der Waals surface area contributed by atoms with E-state index < -0.39 is 28.7 Å². The van der Waals surface area contributed by atoms with Gasteiger partial charge in [-0.25, -0.2) is 4.79 Å². The Labute approximate surface area is 124 Å². The van der Waals surface area contributed by atoms with Crippen LogP contribution >= 0.6 is 0 Å². The molecule has 7 heteroatoms. The SMILES string of the molecule is CC(C)(C)OC(=O)N1CCCC(C(=O)O)(C2(O)CNC2)C1. The van der Waals surface area contributed by atoms with E-state index in [2.05, 4.69) is 5.32 Å². The number of hydrogen-bond donors (Lipinski definition) is 3. The highest BCUT2D eigenvalue weighted by atomic mass is 16.6. The lowest BCUT2D eigenvalue weighted by Gasteiger charge is -2.53. The summed E-state index contributed by atoms with van der Waals surface area (Å²) < 4.78 is 5.31. The average Bonchev–Trinajstić information content (AvgIpc) is 2.33. The van der Waals surface area contributed by atoms with Gasteiger partial charge < -0.3 is 25.2 Å². The van der Waals surface area contributed by atoms with E-state index >= 15 is 0 Å². The number of amides is 1. The molecule has 2 fully saturated rings. The number of carbonyl (C=O) groups excluding carboxylic acids is 1. The fraction of sp³-hybridized carbons (Fsp3) is 0.857. The topological polar surface area (TPSA) is 99.1 Å². The van der Waals surface area contributed by atoms with Gasteiger partial charge in [-0.1, -0.05) is 0 Å². The van der Waals surface area contributed by atoms with Crippen LogP contribution in [0.25, 0.3) is 0 Å². The maximum absolute atomic E-state index is 12.2. The second kappa shape index (κ2) is 5.14. The van der Waals surface area contributed by atoms with Crippen LogP contribution in [0.4, 0.5) is 4.79 Å². The van der Waals surface area contributed by atoms with Crippen LogP contribution in [0.5, 0.6) is 0 Å². The van der Waals surface area contributed by atoms with Crippen molar-refractivity contribution in [2.75, 3.05) is 26.2 Å². The molecule has 0 aromatic heterocycles. The Morgan fingerprint density at radius 2 is 1.90 bits per heavy atom. The lowest BCUT2D eigenvalue weighted by atomic mass is 9.64. The molecule has 1 amide bonds. The van der Waals surface area contributed by atoms with E-state index in [1.165, 1.54) is 4.90 Å². The molecule has 0 aliphatic carbocycles. The van der Waals surface area contributed by atoms with E-state index in [0.717, 1.165) is 0 Å². The summed E-state index contributed by atoms with van der Waals surface area (Å²) in [7, 11) is 0. The summed E-state index contributed by atoms with van der Waals surface area (Å²) in [5.41, 5.74) is -3.26. The van der Waals surface area contributed by atoms with Crippen LogP contribution in [0.15, 0.2) is 0 Å². The number of hydrogen-bond acceptors (Lipinski definition) is 5. The first-order chi connectivity index (χ1) is 9.60. The molecule has 120 valence electrons. The monoisotopic (exact) mass is 300 g/mol. The number of nitrogens with zero attached hydrogens (tertiary/aromatic N) is 1. The molecule has 1 unspecified atom stereocenters. The summed E-state index contributed by atoms with van der Waals surface area (Å²) in [6.07, 6.45) is 0.372. The number of nitrogens with one attached hydrogen (secondary N) is 1. The molecule has 1 atom stereocenters. The zero-order chi connectivity index (χ0) is 15.9. The van der Waals surface area contributed by atoms with Gasteiger partial charge in [-0.2, -0.15) is 0 Å². The van der Waals surface area contributed by atoms with Crippen LogP contribution < -0.4 is 5.32 Å². The van der Waals surface area contributed by atoms with Gasteiger partial charge in [-0.15, -0.1) is 0 Å². The van der Waals surface area contributed by atoms with Crippen LogP contribution in [-0.4, -0.2) is 64.6 Å². The molecule has 0 radical (unpaired) electrons. The number of β-amino-alcohol motifs (C(OH)–C–C–N with tert-alkyl or cyclic N) is 1. The van der Waals surface area contributed by atoms with Gasteiger partial charge in [-0.05, 0) is 33.6 Å². The summed E-state index contributed by atoms with van der Waals surface area (Å²) in [6, 6.07) is 0. The van der Waals surface area contributed by atoms with E-state index in [4.69, 9.17) is 4.74 Å². The number of piperidine rings is 1. The Balaban J connectivity index is 2.18. The second-order valence-corrected chi connectivity index (χ2v) is 7.03. The lowest BCUT2D eigenvalue weighted by Crippen LogP contribution is -2.74. The number of carboxylic acid groups (broad SMARTS) is 1. The Hall–Kier alpha value is -1.34. The first-order valence-corrected chi connectivity index (χ1v) is 7.24. The van der Waals surface area contributed by atoms with Crippen molar-refractivity contribution in [3.05, 3.63) is 0 Å². The van der Waals surface area contributed by atoms with Gasteiger partial charge in [0.15, 0.2) is 0 Å². The zero-order valence-corrected chi connectivity index (χ0v) is 12.8. The molecule has 2 aliphatic rings. The second-order valence-electron chi connectivity index (χ2n) is 7.03. The highest BCUT2D eigenvalue weighted by molar-refractivity contribution is 5.79. The Kier molecular flexibility index (Phi) is 3.92. The number of carbonyl (C=O) groups is 2. The predicted octanol–water partition coefficient (Wildman–Crippen LogP) is 0.423. The van der Waals surface area contributed by atoms with Crippen molar-refractivity contribution >= 4 is 12.1 Å². The molecule has 2 rings (SSSR count). The summed E-state index contributed by atoms with van der Waals surface area (Å²) in [5.74, 6) is -1.06. The third kappa shape index (κ3) is 2.85. The molecule has 0 spiro atoms. The average molecular weight is 300 g/mol. The number of likely N-dealkylation sites (tertiary alicyclic amines) is 1. The quantitative estimate of drug-likeness (QED) is 0.683. The van der Waals surface area contributed by atoms with Gasteiger partial charge in [0.1, 0.15) is 16.6 Å². The normalized spacial score (nSPS) is 28.7. The molecule has 0 bridgehead atoms. The highest BCUT2D eigenvalue weighted by Gasteiger charge is 2.61. The van der Waals surface area contributed by atoms with Crippen molar-refractivity contribution < 1.29 is 24.5 Å². The fourth-order valence-corrected chi connectivity index (χ4v) is 2.99. The van der Waals surface area contributed by atoms with Crippen molar-refractivity contribution in [1.29, 1.82) is 0 Å². The molecule has 7 nitrogen and oxygen atoms in total. The Bertz CT molecular complexity index is 441. The van der Waals surface area contributed by atoms with Gasteiger partial charge in [-0.3, -0.25) is 4.79 Å². The molecule has 3 N–H and O–H groups in total. The van der Waals surface area contributed by atoms with E-state index in [-0.39, 0.29) is 19.6 Å². The smallest absolute Gasteiger partial charge is 0.410 e. The summed E-state index contributed by atoms with van der Waals surface area (Å²) >= 11 is 0. The Morgan fingerprint density at radius 3 is 2.33 bits per heavy atom. The molecule has 21 heavy (non-hydrogen) atoms. The van der Waals surface area contributed by atoms with Crippen LogP contribution in [0.2, 0.25) is 0 Å². The van der Waals surface area contributed by atoms with Gasteiger partial charge in [0, 0.05) is 26.2 Å². The van der Waals surface area contributed by atoms with Crippen molar-refractivity contribution in [1.82, 2.24) is 10.2 Å². The summed E-state index contributed by atoms with van der Waals surface area (Å²) in [4.78, 5) is 25.4. The molecule has 2 heterocycles. The molecular weight excluding hydrogens is 276 g/mol. The molecular formula is C14H24N2O5. The first kappa shape index (κ1) is 16.0. The Morgan fingerprint density at radius 1 is 1.29 bits per heavy atom. The highest BCUT2D eigenvalue weighted by Crippen LogP contribution is 2.43. The van der Waals surface area contributed by atoms with E-state index in [9.17, 15) is 19.8 Å². The van der Waals surface area contributed by atoms with Gasteiger partial charge >= 0.3 is 12.1 Å². The molecule has 0 saturated carbocycles. The van der Waals surface area contributed by atoms with Crippen molar-refractivity contribution in [2.45, 2.75) is 44.8 Å². The minimum Gasteiger partial charge on any atom is -0.481 e. The standard InChI is InChI=1S/C14H24N2O5/c1-12(2,3)21-11(19)16-6-4-5-13(9-16,10(17)18)14(20)7-15-8-14/h15,20H,4-9H2,1-3H3,(H,17,18). The minimum atomic E-state index is -1.33. The van der Waals surface area contributed by atoms with Crippen molar-refractivity contribution in [3.8, 4) is 0 Å². The van der Waals surface area contributed by atoms with Crippen LogP contribution in [-0.2, 0) is 9.53 Å². The predicted molar refractivity (Wildman–Crippen MR) is 74.9 cm³/mol. The van der Waals surface area contributed by atoms with E-state index in [1.54, 1.807) is 20.8 Å². The maximum atomic E-state index is 12.2. The van der Waals surface area contributed by atoms with Gasteiger partial charge in [0.2, 0.25) is 0 Å². The van der Waals surface area contributed by atoms with Crippen molar-refractivity contribution in [2.24, 2.45) is 5.41 Å². The summed E-state index contributed by atoms with van der Waals surface area (Å²) in [6.45, 7) is 6.21. The minimum absolute atomic E-state index is 0.0184. The van der Waals surface area contributed by atoms with E-state index in [1.807, 2.05) is 0 Å². The van der Waals surface area contributed by atoms with Crippen molar-refractivity contribution in [3.63, 3.8) is 0 Å². The van der Waals surface area contributed by atoms with Gasteiger partial charge in [0.25, 0.3) is 0 Å². The number of ether oxygens (including phenoxy) is 1. The van der Waals surface area contributed by atoms with Crippen LogP contribution in [0.1, 0.15) is 33.6 Å². The zero-order valence-electron chi connectivity index (χ0n) is 12.8. The first-order valence-electron chi connectivity index (χ1n) is 7.24. The number of aliphatic hydroxyl groups is 1. The largest absolute Gasteiger partial charge is 0.481 e. The van der Waals surface area contributed by atoms with Crippen LogP contribution in [0.3, 0.4) is 0 Å². The fourth-order valence-electron chi connectivity index (χ4n) is 2.99. The summed E-state index contributed by atoms with van der Waals surface area (Å²) in [5, 5.41) is 23.1. The number of rotatable bonds is 2. The third-order valence-corrected chi connectivity index (χ3v) is 4.28. The number of aliphatic carboxylic acids is 1.